The van der Waals surface area contributed by atoms with E-state index in [0.717, 1.165) is 23.9 Å². The molecule has 2 fully saturated rings. The third kappa shape index (κ3) is 3.37. The molecule has 2 aliphatic rings. The molecular formula is C19H27BN2O2S. The maximum atomic E-state index is 6.17. The van der Waals surface area contributed by atoms with Crippen molar-refractivity contribution in [2.45, 2.75) is 58.2 Å². The second kappa shape index (κ2) is 6.34. The summed E-state index contributed by atoms with van der Waals surface area (Å²) in [7, 11) is -0.316. The molecule has 0 unspecified atom stereocenters. The second-order valence-corrected chi connectivity index (χ2v) is 9.34. The lowest BCUT2D eigenvalue weighted by Gasteiger charge is -2.32. The molecule has 6 heteroatoms. The van der Waals surface area contributed by atoms with E-state index < -0.39 is 0 Å². The number of likely N-dealkylation sites (tertiary alicyclic amines) is 1. The van der Waals surface area contributed by atoms with Gasteiger partial charge in [0.2, 0.25) is 0 Å². The van der Waals surface area contributed by atoms with Gasteiger partial charge in [-0.2, -0.15) is 0 Å². The Bertz CT molecular complexity index is 752. The van der Waals surface area contributed by atoms with Crippen LogP contribution in [0, 0.1) is 0 Å². The molecule has 4 rings (SSSR count). The first-order valence-electron chi connectivity index (χ1n) is 9.31. The summed E-state index contributed by atoms with van der Waals surface area (Å²) >= 11 is 1.81. The molecule has 0 aliphatic carbocycles. The van der Waals surface area contributed by atoms with Gasteiger partial charge in [0.05, 0.1) is 26.4 Å². The summed E-state index contributed by atoms with van der Waals surface area (Å²) in [5.41, 5.74) is 1.50. The average molecular weight is 358 g/mol. The second-order valence-electron chi connectivity index (χ2n) is 8.22. The third-order valence-corrected chi connectivity index (χ3v) is 6.92. The van der Waals surface area contributed by atoms with Crippen molar-refractivity contribution >= 4 is 34.1 Å². The monoisotopic (exact) mass is 358 g/mol. The largest absolute Gasteiger partial charge is 0.494 e. The molecule has 2 saturated heterocycles. The van der Waals surface area contributed by atoms with Crippen molar-refractivity contribution in [3.63, 3.8) is 0 Å². The Labute approximate surface area is 154 Å². The fourth-order valence-corrected chi connectivity index (χ4v) is 4.42. The number of hydrogen-bond donors (Lipinski definition) is 0. The van der Waals surface area contributed by atoms with Crippen molar-refractivity contribution in [1.82, 2.24) is 9.88 Å². The van der Waals surface area contributed by atoms with E-state index >= 15 is 0 Å². The molecule has 4 nitrogen and oxygen atoms in total. The van der Waals surface area contributed by atoms with E-state index in [1.807, 2.05) is 11.3 Å². The van der Waals surface area contributed by atoms with Gasteiger partial charge in [0.15, 0.2) is 0 Å². The van der Waals surface area contributed by atoms with Crippen molar-refractivity contribution < 1.29 is 9.31 Å². The lowest BCUT2D eigenvalue weighted by Crippen LogP contribution is -2.41. The van der Waals surface area contributed by atoms with Crippen LogP contribution in [0.3, 0.4) is 0 Å². The Morgan fingerprint density at radius 3 is 2.48 bits per heavy atom. The molecule has 134 valence electrons. The van der Waals surface area contributed by atoms with Crippen LogP contribution < -0.4 is 5.46 Å². The first kappa shape index (κ1) is 17.5. The van der Waals surface area contributed by atoms with E-state index in [4.69, 9.17) is 14.3 Å². The first-order valence-corrected chi connectivity index (χ1v) is 10.1. The van der Waals surface area contributed by atoms with Crippen molar-refractivity contribution in [2.75, 3.05) is 19.6 Å². The summed E-state index contributed by atoms with van der Waals surface area (Å²) in [5, 5.41) is 1.23. The minimum atomic E-state index is -0.316. The molecule has 1 aromatic carbocycles. The summed E-state index contributed by atoms with van der Waals surface area (Å²) in [6.07, 6.45) is 3.74. The minimum absolute atomic E-state index is 0.310. The van der Waals surface area contributed by atoms with E-state index in [2.05, 4.69) is 50.8 Å². The van der Waals surface area contributed by atoms with Gasteiger partial charge in [0, 0.05) is 13.0 Å². The Hall–Kier alpha value is -0.945. The number of rotatable bonds is 4. The number of aromatic nitrogens is 1. The SMILES string of the molecule is CC1(C)OB(c2ccc3sc(CCN4CCCC4)nc3c2)OC1(C)C. The third-order valence-electron chi connectivity index (χ3n) is 5.82. The summed E-state index contributed by atoms with van der Waals surface area (Å²) < 4.78 is 13.6. The van der Waals surface area contributed by atoms with Gasteiger partial charge in [-0.25, -0.2) is 4.98 Å². The molecule has 0 spiro atoms. The van der Waals surface area contributed by atoms with E-state index in [0.29, 0.717) is 0 Å². The summed E-state index contributed by atoms with van der Waals surface area (Å²) in [5.74, 6) is 0. The molecule has 3 heterocycles. The molecule has 0 N–H and O–H groups in total. The van der Waals surface area contributed by atoms with Crippen LogP contribution in [0.25, 0.3) is 10.2 Å². The van der Waals surface area contributed by atoms with E-state index in [1.165, 1.54) is 35.6 Å². The standard InChI is InChI=1S/C19H27BN2O2S/c1-18(2)19(3,4)24-20(23-18)14-7-8-16-15(13-14)21-17(25-16)9-12-22-10-5-6-11-22/h7-8,13H,5-6,9-12H2,1-4H3. The number of hydrogen-bond acceptors (Lipinski definition) is 5. The molecule has 2 aliphatic heterocycles. The van der Waals surface area contributed by atoms with Gasteiger partial charge in [-0.15, -0.1) is 11.3 Å². The lowest BCUT2D eigenvalue weighted by atomic mass is 9.79. The topological polar surface area (TPSA) is 34.6 Å². The van der Waals surface area contributed by atoms with Crippen LogP contribution >= 0.6 is 11.3 Å². The fourth-order valence-electron chi connectivity index (χ4n) is 3.48. The quantitative estimate of drug-likeness (QED) is 0.786. The van der Waals surface area contributed by atoms with Crippen LogP contribution in [0.4, 0.5) is 0 Å². The van der Waals surface area contributed by atoms with Gasteiger partial charge in [-0.05, 0) is 71.2 Å². The maximum absolute atomic E-state index is 6.17. The number of thiazole rings is 1. The molecule has 0 radical (unpaired) electrons. The van der Waals surface area contributed by atoms with Crippen molar-refractivity contribution in [1.29, 1.82) is 0 Å². The van der Waals surface area contributed by atoms with Crippen LogP contribution in [-0.4, -0.2) is 47.8 Å². The van der Waals surface area contributed by atoms with E-state index in [-0.39, 0.29) is 18.3 Å². The highest BCUT2D eigenvalue weighted by Crippen LogP contribution is 2.36. The summed E-state index contributed by atoms with van der Waals surface area (Å²) in [6, 6.07) is 6.41. The lowest BCUT2D eigenvalue weighted by molar-refractivity contribution is 0.00578. The van der Waals surface area contributed by atoms with Crippen LogP contribution in [-0.2, 0) is 15.7 Å². The minimum Gasteiger partial charge on any atom is -0.399 e. The Balaban J connectivity index is 1.50. The Morgan fingerprint density at radius 1 is 1.12 bits per heavy atom. The summed E-state index contributed by atoms with van der Waals surface area (Å²) in [6.45, 7) is 12.0. The summed E-state index contributed by atoms with van der Waals surface area (Å²) in [4.78, 5) is 7.40. The molecular weight excluding hydrogens is 331 g/mol. The molecule has 0 atom stereocenters. The molecule has 2 aromatic rings. The molecule has 0 saturated carbocycles. The number of fused-ring (bicyclic) bond motifs is 1. The molecule has 0 bridgehead atoms. The predicted octanol–water partition coefficient (Wildman–Crippen LogP) is 3.23. The zero-order valence-corrected chi connectivity index (χ0v) is 16.5. The average Bonchev–Trinajstić information content (AvgIpc) is 3.23. The predicted molar refractivity (Wildman–Crippen MR) is 105 cm³/mol. The maximum Gasteiger partial charge on any atom is 0.494 e. The molecule has 0 amide bonds. The first-order chi connectivity index (χ1) is 11.8. The van der Waals surface area contributed by atoms with Gasteiger partial charge in [-0.3, -0.25) is 0 Å². The van der Waals surface area contributed by atoms with Crippen LogP contribution in [0.1, 0.15) is 45.5 Å². The Morgan fingerprint density at radius 2 is 1.80 bits per heavy atom. The molecule has 25 heavy (non-hydrogen) atoms. The van der Waals surface area contributed by atoms with Gasteiger partial charge in [0.1, 0.15) is 0 Å². The van der Waals surface area contributed by atoms with Gasteiger partial charge >= 0.3 is 7.12 Å². The zero-order chi connectivity index (χ0) is 17.7. The van der Waals surface area contributed by atoms with E-state index in [9.17, 15) is 0 Å². The van der Waals surface area contributed by atoms with Gasteiger partial charge in [0.25, 0.3) is 0 Å². The normalized spacial score (nSPS) is 23.0. The van der Waals surface area contributed by atoms with Crippen LogP contribution in [0.5, 0.6) is 0 Å². The number of nitrogens with zero attached hydrogens (tertiary/aromatic N) is 2. The van der Waals surface area contributed by atoms with Crippen molar-refractivity contribution in [2.24, 2.45) is 0 Å². The highest BCUT2D eigenvalue weighted by molar-refractivity contribution is 7.18. The van der Waals surface area contributed by atoms with Crippen molar-refractivity contribution in [3.05, 3.63) is 23.2 Å². The smallest absolute Gasteiger partial charge is 0.399 e. The fraction of sp³-hybridized carbons (Fsp3) is 0.632. The Kier molecular flexibility index (Phi) is 4.43. The highest BCUT2D eigenvalue weighted by Gasteiger charge is 2.51. The van der Waals surface area contributed by atoms with Crippen LogP contribution in [0.2, 0.25) is 0 Å². The highest BCUT2D eigenvalue weighted by atomic mass is 32.1. The number of benzene rings is 1. The van der Waals surface area contributed by atoms with Gasteiger partial charge < -0.3 is 14.2 Å². The van der Waals surface area contributed by atoms with Crippen molar-refractivity contribution in [3.8, 4) is 0 Å². The van der Waals surface area contributed by atoms with Gasteiger partial charge in [-0.1, -0.05) is 6.07 Å². The molecule has 1 aromatic heterocycles. The van der Waals surface area contributed by atoms with Crippen LogP contribution in [0.15, 0.2) is 18.2 Å². The zero-order valence-electron chi connectivity index (χ0n) is 15.7. The van der Waals surface area contributed by atoms with E-state index in [1.54, 1.807) is 0 Å².